The van der Waals surface area contributed by atoms with E-state index in [1.54, 1.807) is 4.90 Å². The molecule has 1 amide bonds. The van der Waals surface area contributed by atoms with Crippen LogP contribution in [0.1, 0.15) is 43.7 Å². The van der Waals surface area contributed by atoms with E-state index in [1.807, 2.05) is 10.9 Å². The van der Waals surface area contributed by atoms with Crippen LogP contribution in [-0.4, -0.2) is 57.2 Å². The molecule has 26 heavy (non-hydrogen) atoms. The lowest BCUT2D eigenvalue weighted by Gasteiger charge is -2.33. The smallest absolute Gasteiger partial charge is 0.341 e. The number of carbonyl (C=O) groups excluding carboxylic acids is 1. The van der Waals surface area contributed by atoms with Gasteiger partial charge in [0.15, 0.2) is 0 Å². The molecule has 2 unspecified atom stereocenters. The first-order valence-corrected chi connectivity index (χ1v) is 9.16. The van der Waals surface area contributed by atoms with Crippen LogP contribution in [0.4, 0.5) is 13.2 Å². The van der Waals surface area contributed by atoms with Gasteiger partial charge < -0.3 is 4.90 Å². The number of nitrogens with zero attached hydrogens (tertiary/aromatic N) is 4. The minimum absolute atomic E-state index is 0.250. The van der Waals surface area contributed by atoms with E-state index in [1.165, 1.54) is 12.8 Å². The van der Waals surface area contributed by atoms with Crippen LogP contribution in [0.2, 0.25) is 0 Å². The number of halogens is 3. The Morgan fingerprint density at radius 1 is 1.19 bits per heavy atom. The van der Waals surface area contributed by atoms with Crippen LogP contribution >= 0.6 is 0 Å². The summed E-state index contributed by atoms with van der Waals surface area (Å²) in [5.41, 5.74) is 5.75. The maximum Gasteiger partial charge on any atom is 0.405 e. The molecule has 1 saturated carbocycles. The highest BCUT2D eigenvalue weighted by Crippen LogP contribution is 2.38. The zero-order valence-corrected chi connectivity index (χ0v) is 14.4. The van der Waals surface area contributed by atoms with E-state index in [0.717, 1.165) is 25.1 Å². The molecule has 0 radical (unpaired) electrons. The van der Waals surface area contributed by atoms with Gasteiger partial charge in [-0.25, -0.2) is 10.9 Å². The van der Waals surface area contributed by atoms with Gasteiger partial charge in [-0.05, 0) is 38.0 Å². The normalized spacial score (nSPS) is 27.9. The summed E-state index contributed by atoms with van der Waals surface area (Å²) in [5, 5.41) is 8.39. The summed E-state index contributed by atoms with van der Waals surface area (Å²) in [5.74, 6) is 0.737. The number of rotatable bonds is 4. The van der Waals surface area contributed by atoms with E-state index in [9.17, 15) is 18.0 Å². The minimum Gasteiger partial charge on any atom is -0.341 e. The molecule has 4 rings (SSSR count). The quantitative estimate of drug-likeness (QED) is 0.831. The second-order valence-corrected chi connectivity index (χ2v) is 7.58. The van der Waals surface area contributed by atoms with Gasteiger partial charge in [0.25, 0.3) is 0 Å². The molecule has 0 bridgehead atoms. The monoisotopic (exact) mass is 372 g/mol. The number of aromatic nitrogens is 3. The zero-order valence-electron chi connectivity index (χ0n) is 14.4. The number of likely N-dealkylation sites (tertiary alicyclic amines) is 1. The highest BCUT2D eigenvalue weighted by atomic mass is 19.4. The SMILES string of the molecule is O=C(C1CC(C(F)(F)F)NN1)N1CCC(Cn2cc(C3CC3)nn2)CC1. The fourth-order valence-corrected chi connectivity index (χ4v) is 3.72. The van der Waals surface area contributed by atoms with Gasteiger partial charge in [0, 0.05) is 31.7 Å². The summed E-state index contributed by atoms with van der Waals surface area (Å²) >= 11 is 0. The summed E-state index contributed by atoms with van der Waals surface area (Å²) in [6.07, 6.45) is 1.45. The molecule has 2 saturated heterocycles. The highest BCUT2D eigenvalue weighted by Gasteiger charge is 2.46. The number of hydrogen-bond donors (Lipinski definition) is 2. The van der Waals surface area contributed by atoms with E-state index in [0.29, 0.717) is 24.9 Å². The summed E-state index contributed by atoms with van der Waals surface area (Å²) in [7, 11) is 0. The minimum atomic E-state index is -4.34. The Hall–Kier alpha value is -1.68. The molecule has 1 aromatic rings. The predicted molar refractivity (Wildman–Crippen MR) is 85.8 cm³/mol. The Labute approximate surface area is 149 Å². The Morgan fingerprint density at radius 2 is 1.92 bits per heavy atom. The average molecular weight is 372 g/mol. The van der Waals surface area contributed by atoms with Gasteiger partial charge in [-0.1, -0.05) is 5.21 Å². The van der Waals surface area contributed by atoms with E-state index in [-0.39, 0.29) is 12.3 Å². The van der Waals surface area contributed by atoms with Gasteiger partial charge in [-0.2, -0.15) is 13.2 Å². The maximum absolute atomic E-state index is 12.7. The number of hydrogen-bond acceptors (Lipinski definition) is 5. The third kappa shape index (κ3) is 3.85. The third-order valence-electron chi connectivity index (χ3n) is 5.52. The number of nitrogens with one attached hydrogen (secondary N) is 2. The number of hydrazine groups is 1. The van der Waals surface area contributed by atoms with E-state index >= 15 is 0 Å². The lowest BCUT2D eigenvalue weighted by molar-refractivity contribution is -0.153. The van der Waals surface area contributed by atoms with E-state index < -0.39 is 18.3 Å². The van der Waals surface area contributed by atoms with Crippen molar-refractivity contribution in [2.24, 2.45) is 5.92 Å². The van der Waals surface area contributed by atoms with Crippen molar-refractivity contribution in [3.05, 3.63) is 11.9 Å². The molecule has 144 valence electrons. The van der Waals surface area contributed by atoms with Crippen LogP contribution in [0.3, 0.4) is 0 Å². The van der Waals surface area contributed by atoms with Crippen LogP contribution in [0.15, 0.2) is 6.20 Å². The molecule has 2 N–H and O–H groups in total. The topological polar surface area (TPSA) is 75.1 Å². The molecule has 7 nitrogen and oxygen atoms in total. The number of alkyl halides is 3. The molecule has 3 aliphatic rings. The van der Waals surface area contributed by atoms with Crippen molar-refractivity contribution in [3.63, 3.8) is 0 Å². The molecule has 1 aliphatic carbocycles. The Morgan fingerprint density at radius 3 is 2.54 bits per heavy atom. The standard InChI is InChI=1S/C16H23F3N6O/c17-16(18,19)14-7-12(20-22-14)15(26)24-5-3-10(4-6-24)8-25-9-13(21-23-25)11-1-2-11/h9-12,14,20,22H,1-8H2. The predicted octanol–water partition coefficient (Wildman–Crippen LogP) is 1.19. The largest absolute Gasteiger partial charge is 0.405 e. The molecule has 1 aromatic heterocycles. The van der Waals surface area contributed by atoms with Crippen LogP contribution in [0.5, 0.6) is 0 Å². The second kappa shape index (κ2) is 6.80. The Kier molecular flexibility index (Phi) is 4.64. The summed E-state index contributed by atoms with van der Waals surface area (Å²) in [6.45, 7) is 1.92. The zero-order chi connectivity index (χ0) is 18.3. The van der Waals surface area contributed by atoms with Gasteiger partial charge in [-0.15, -0.1) is 5.10 Å². The van der Waals surface area contributed by atoms with Gasteiger partial charge in [0.2, 0.25) is 5.91 Å². The number of piperidine rings is 1. The van der Waals surface area contributed by atoms with Crippen molar-refractivity contribution >= 4 is 5.91 Å². The maximum atomic E-state index is 12.7. The number of carbonyl (C=O) groups is 1. The highest BCUT2D eigenvalue weighted by molar-refractivity contribution is 5.82. The Balaban J connectivity index is 1.24. The summed E-state index contributed by atoms with van der Waals surface area (Å²) in [4.78, 5) is 14.1. The van der Waals surface area contributed by atoms with Gasteiger partial charge in [0.1, 0.15) is 12.1 Å². The van der Waals surface area contributed by atoms with Crippen LogP contribution in [0.25, 0.3) is 0 Å². The van der Waals surface area contributed by atoms with Crippen molar-refractivity contribution in [3.8, 4) is 0 Å². The van der Waals surface area contributed by atoms with Crippen molar-refractivity contribution in [2.45, 2.75) is 62.8 Å². The van der Waals surface area contributed by atoms with Crippen molar-refractivity contribution < 1.29 is 18.0 Å². The number of amides is 1. The summed E-state index contributed by atoms with van der Waals surface area (Å²) < 4.78 is 40.0. The lowest BCUT2D eigenvalue weighted by atomic mass is 9.96. The first kappa shape index (κ1) is 17.7. The van der Waals surface area contributed by atoms with Gasteiger partial charge in [-0.3, -0.25) is 9.48 Å². The van der Waals surface area contributed by atoms with Crippen LogP contribution in [-0.2, 0) is 11.3 Å². The molecule has 0 aromatic carbocycles. The molecular weight excluding hydrogens is 349 g/mol. The fraction of sp³-hybridized carbons (Fsp3) is 0.812. The molecule has 0 spiro atoms. The molecule has 3 fully saturated rings. The van der Waals surface area contributed by atoms with E-state index in [2.05, 4.69) is 21.2 Å². The van der Waals surface area contributed by atoms with Gasteiger partial charge >= 0.3 is 6.18 Å². The second-order valence-electron chi connectivity index (χ2n) is 7.58. The molecular formula is C16H23F3N6O. The van der Waals surface area contributed by atoms with Crippen molar-refractivity contribution in [1.29, 1.82) is 0 Å². The van der Waals surface area contributed by atoms with Gasteiger partial charge in [0.05, 0.1) is 5.69 Å². The average Bonchev–Trinajstić information content (AvgIpc) is 3.14. The molecule has 2 atom stereocenters. The molecule has 3 heterocycles. The lowest BCUT2D eigenvalue weighted by Crippen LogP contribution is -2.49. The Bertz CT molecular complexity index is 651. The first-order valence-electron chi connectivity index (χ1n) is 9.16. The van der Waals surface area contributed by atoms with E-state index in [4.69, 9.17) is 0 Å². The first-order chi connectivity index (χ1) is 12.4. The fourth-order valence-electron chi connectivity index (χ4n) is 3.72. The van der Waals surface area contributed by atoms with Crippen LogP contribution in [0, 0.1) is 5.92 Å². The molecule has 10 heteroatoms. The van der Waals surface area contributed by atoms with Crippen molar-refractivity contribution in [1.82, 2.24) is 30.7 Å². The summed E-state index contributed by atoms with van der Waals surface area (Å²) in [6, 6.07) is -2.48. The molecule has 2 aliphatic heterocycles. The van der Waals surface area contributed by atoms with Crippen LogP contribution < -0.4 is 10.9 Å². The van der Waals surface area contributed by atoms with Crippen molar-refractivity contribution in [2.75, 3.05) is 13.1 Å². The third-order valence-corrected chi connectivity index (χ3v) is 5.52.